The Morgan fingerprint density at radius 1 is 1.15 bits per heavy atom. The molecular weight excluding hydrogens is 357 g/mol. The first-order valence-corrected chi connectivity index (χ1v) is 9.22. The number of fused-ring (bicyclic) bond motifs is 1. The van der Waals surface area contributed by atoms with Crippen LogP contribution in [0.2, 0.25) is 0 Å². The van der Waals surface area contributed by atoms with E-state index in [4.69, 9.17) is 26.4 Å². The molecule has 1 aromatic carbocycles. The number of carbonyl (C=O) groups is 1. The number of nitrogens with zero attached hydrogens (tertiary/aromatic N) is 1. The highest BCUT2D eigenvalue weighted by Crippen LogP contribution is 2.40. The van der Waals surface area contributed by atoms with E-state index in [1.807, 2.05) is 20.8 Å². The zero-order chi connectivity index (χ0) is 18.9. The van der Waals surface area contributed by atoms with Crippen LogP contribution < -0.4 is 4.74 Å². The Labute approximate surface area is 158 Å². The summed E-state index contributed by atoms with van der Waals surface area (Å²) in [6.07, 6.45) is 1.39. The van der Waals surface area contributed by atoms with Gasteiger partial charge in [0.25, 0.3) is 0 Å². The van der Waals surface area contributed by atoms with Crippen LogP contribution >= 0.6 is 12.2 Å². The maximum absolute atomic E-state index is 12.9. The third-order valence-corrected chi connectivity index (χ3v) is 4.82. The molecule has 1 aliphatic heterocycles. The fourth-order valence-corrected chi connectivity index (χ4v) is 3.81. The van der Waals surface area contributed by atoms with E-state index in [9.17, 15) is 9.18 Å². The fraction of sp³-hybridized carbons (Fsp3) is 0.579. The van der Waals surface area contributed by atoms with Gasteiger partial charge in [0.05, 0.1) is 0 Å². The molecular formula is C19H24FNO4S. The summed E-state index contributed by atoms with van der Waals surface area (Å²) in [4.78, 5) is 14.0. The number of ether oxygens (including phenoxy) is 3. The largest absolute Gasteiger partial charge is 0.453 e. The number of halogens is 1. The summed E-state index contributed by atoms with van der Waals surface area (Å²) >= 11 is 5.14. The molecule has 2 fully saturated rings. The summed E-state index contributed by atoms with van der Waals surface area (Å²) in [6.45, 7) is 6.98. The van der Waals surface area contributed by atoms with Gasteiger partial charge in [0, 0.05) is 25.3 Å². The lowest BCUT2D eigenvalue weighted by Gasteiger charge is -2.25. The molecule has 1 amide bonds. The number of hydrogen-bond donors (Lipinski definition) is 0. The van der Waals surface area contributed by atoms with Gasteiger partial charge in [0.15, 0.2) is 0 Å². The molecule has 3 rings (SSSR count). The van der Waals surface area contributed by atoms with E-state index in [0.717, 1.165) is 12.8 Å². The second kappa shape index (κ2) is 7.39. The van der Waals surface area contributed by atoms with Gasteiger partial charge in [0.2, 0.25) is 0 Å². The van der Waals surface area contributed by atoms with Gasteiger partial charge in [-0.3, -0.25) is 0 Å². The van der Waals surface area contributed by atoms with E-state index in [1.54, 1.807) is 4.90 Å². The van der Waals surface area contributed by atoms with E-state index in [0.29, 0.717) is 30.7 Å². The quantitative estimate of drug-likeness (QED) is 0.720. The van der Waals surface area contributed by atoms with E-state index < -0.39 is 5.60 Å². The van der Waals surface area contributed by atoms with Gasteiger partial charge in [-0.1, -0.05) is 0 Å². The Bertz CT molecular complexity index is 659. The summed E-state index contributed by atoms with van der Waals surface area (Å²) in [5.41, 5.74) is -0.482. The van der Waals surface area contributed by atoms with Gasteiger partial charge in [-0.15, -0.1) is 0 Å². The first-order valence-electron chi connectivity index (χ1n) is 8.81. The van der Waals surface area contributed by atoms with Crippen molar-refractivity contribution < 1.29 is 23.4 Å². The van der Waals surface area contributed by atoms with Crippen molar-refractivity contribution in [1.82, 2.24) is 4.90 Å². The third-order valence-electron chi connectivity index (χ3n) is 4.64. The Morgan fingerprint density at radius 2 is 1.73 bits per heavy atom. The van der Waals surface area contributed by atoms with Crippen molar-refractivity contribution in [1.29, 1.82) is 0 Å². The maximum atomic E-state index is 12.9. The standard InChI is InChI=1S/C19H24FNO4S/c1-19(2,3)25-17(22)21-10-12-8-16(9-13(12)11-21)24-18(26)23-15-6-4-14(20)5-7-15/h4-7,12-13,16H,8-11H2,1-3H3/t12-,13-/m1/s1. The van der Waals surface area contributed by atoms with Crippen LogP contribution in [0.4, 0.5) is 9.18 Å². The second-order valence-electron chi connectivity index (χ2n) is 7.92. The van der Waals surface area contributed by atoms with Crippen LogP contribution in [0.5, 0.6) is 5.75 Å². The van der Waals surface area contributed by atoms with Gasteiger partial charge in [0.1, 0.15) is 23.3 Å². The minimum absolute atomic E-state index is 0.0151. The molecule has 2 aliphatic rings. The van der Waals surface area contributed by atoms with Gasteiger partial charge >= 0.3 is 11.3 Å². The molecule has 0 aromatic heterocycles. The summed E-state index contributed by atoms with van der Waals surface area (Å²) in [7, 11) is 0. The smallest absolute Gasteiger partial charge is 0.410 e. The lowest BCUT2D eigenvalue weighted by molar-refractivity contribution is 0.0269. The van der Waals surface area contributed by atoms with E-state index in [1.165, 1.54) is 24.3 Å². The van der Waals surface area contributed by atoms with Crippen molar-refractivity contribution in [2.45, 2.75) is 45.3 Å². The molecule has 0 spiro atoms. The zero-order valence-electron chi connectivity index (χ0n) is 15.2. The van der Waals surface area contributed by atoms with Crippen molar-refractivity contribution in [3.63, 3.8) is 0 Å². The molecule has 0 unspecified atom stereocenters. The minimum Gasteiger partial charge on any atom is -0.453 e. The van der Waals surface area contributed by atoms with Gasteiger partial charge in [-0.2, -0.15) is 0 Å². The Balaban J connectivity index is 1.45. The number of benzene rings is 1. The minimum atomic E-state index is -0.482. The number of likely N-dealkylation sites (tertiary alicyclic amines) is 1. The van der Waals surface area contributed by atoms with Crippen LogP contribution in [-0.4, -0.2) is 41.0 Å². The van der Waals surface area contributed by atoms with Crippen molar-refractivity contribution in [2.24, 2.45) is 11.8 Å². The predicted octanol–water partition coefficient (Wildman–Crippen LogP) is 4.15. The summed E-state index contributed by atoms with van der Waals surface area (Å²) in [5, 5.41) is 0.0468. The number of rotatable bonds is 2. The number of amides is 1. The van der Waals surface area contributed by atoms with E-state index in [-0.39, 0.29) is 23.3 Å². The molecule has 0 radical (unpaired) electrons. The molecule has 142 valence electrons. The molecule has 1 heterocycles. The Hall–Kier alpha value is -1.89. The molecule has 2 atom stereocenters. The number of carbonyl (C=O) groups excluding carboxylic acids is 1. The topological polar surface area (TPSA) is 48.0 Å². The highest BCUT2D eigenvalue weighted by Gasteiger charge is 2.44. The van der Waals surface area contributed by atoms with E-state index >= 15 is 0 Å². The first-order chi connectivity index (χ1) is 12.2. The highest BCUT2D eigenvalue weighted by atomic mass is 32.1. The van der Waals surface area contributed by atoms with Crippen LogP contribution in [0.1, 0.15) is 33.6 Å². The Morgan fingerprint density at radius 3 is 2.27 bits per heavy atom. The molecule has 26 heavy (non-hydrogen) atoms. The van der Waals surface area contributed by atoms with Crippen LogP contribution in [-0.2, 0) is 9.47 Å². The third kappa shape index (κ3) is 4.84. The summed E-state index contributed by atoms with van der Waals surface area (Å²) in [5.74, 6) is 0.898. The monoisotopic (exact) mass is 381 g/mol. The molecule has 1 saturated carbocycles. The van der Waals surface area contributed by atoms with Crippen molar-refractivity contribution in [3.05, 3.63) is 30.1 Å². The van der Waals surface area contributed by atoms with Crippen LogP contribution in [0.15, 0.2) is 24.3 Å². The lowest BCUT2D eigenvalue weighted by atomic mass is 10.0. The van der Waals surface area contributed by atoms with Gasteiger partial charge < -0.3 is 19.1 Å². The average molecular weight is 381 g/mol. The average Bonchev–Trinajstić information content (AvgIpc) is 3.06. The maximum Gasteiger partial charge on any atom is 0.410 e. The second-order valence-corrected chi connectivity index (χ2v) is 8.26. The highest BCUT2D eigenvalue weighted by molar-refractivity contribution is 7.79. The van der Waals surface area contributed by atoms with Crippen LogP contribution in [0, 0.1) is 17.7 Å². The molecule has 5 nitrogen and oxygen atoms in total. The predicted molar refractivity (Wildman–Crippen MR) is 98.5 cm³/mol. The molecule has 1 saturated heterocycles. The van der Waals surface area contributed by atoms with Gasteiger partial charge in [-0.05, 0) is 69.7 Å². The molecule has 7 heteroatoms. The number of hydrogen-bond acceptors (Lipinski definition) is 5. The molecule has 1 aromatic rings. The zero-order valence-corrected chi connectivity index (χ0v) is 16.1. The summed E-state index contributed by atoms with van der Waals surface area (Å²) < 4.78 is 29.5. The molecule has 0 N–H and O–H groups in total. The Kier molecular flexibility index (Phi) is 5.37. The van der Waals surface area contributed by atoms with Gasteiger partial charge in [-0.25, -0.2) is 9.18 Å². The summed E-state index contributed by atoms with van der Waals surface area (Å²) in [6, 6.07) is 5.63. The molecule has 0 bridgehead atoms. The van der Waals surface area contributed by atoms with Crippen molar-refractivity contribution in [2.75, 3.05) is 13.1 Å². The normalized spacial score (nSPS) is 22.8. The van der Waals surface area contributed by atoms with Crippen LogP contribution in [0.3, 0.4) is 0 Å². The van der Waals surface area contributed by atoms with E-state index in [2.05, 4.69) is 0 Å². The SMILES string of the molecule is CC(C)(C)OC(=O)N1C[C@H]2CC(OC(=S)Oc3ccc(F)cc3)C[C@@H]2C1. The molecule has 1 aliphatic carbocycles. The lowest BCUT2D eigenvalue weighted by Crippen LogP contribution is -2.36. The number of thiocarbonyl (C=S) groups is 1. The van der Waals surface area contributed by atoms with Crippen LogP contribution in [0.25, 0.3) is 0 Å². The fourth-order valence-electron chi connectivity index (χ4n) is 3.58. The first kappa shape index (κ1) is 18.9. The van der Waals surface area contributed by atoms with Crippen molar-refractivity contribution >= 4 is 23.5 Å². The van der Waals surface area contributed by atoms with Crippen molar-refractivity contribution in [3.8, 4) is 5.75 Å².